The molecule has 0 spiro atoms. The highest BCUT2D eigenvalue weighted by atomic mass is 19.1. The van der Waals surface area contributed by atoms with E-state index in [2.05, 4.69) is 5.10 Å². The van der Waals surface area contributed by atoms with Crippen molar-refractivity contribution < 1.29 is 19.0 Å². The summed E-state index contributed by atoms with van der Waals surface area (Å²) in [4.78, 5) is 10.8. The maximum absolute atomic E-state index is 13.7. The average molecular weight is 264 g/mol. The Bertz CT molecular complexity index is 622. The number of rotatable bonds is 4. The molecule has 0 bridgehead atoms. The molecule has 1 aromatic carbocycles. The van der Waals surface area contributed by atoms with E-state index in [9.17, 15) is 9.18 Å². The molecule has 0 radical (unpaired) electrons. The topological polar surface area (TPSA) is 64.4 Å². The lowest BCUT2D eigenvalue weighted by atomic mass is 10.0. The molecule has 0 aliphatic carbocycles. The third-order valence-corrected chi connectivity index (χ3v) is 2.84. The van der Waals surface area contributed by atoms with Gasteiger partial charge in [-0.25, -0.2) is 4.39 Å². The second-order valence-electron chi connectivity index (χ2n) is 4.05. The van der Waals surface area contributed by atoms with Gasteiger partial charge in [-0.3, -0.25) is 9.48 Å². The summed E-state index contributed by atoms with van der Waals surface area (Å²) in [6, 6.07) is 4.48. The van der Waals surface area contributed by atoms with E-state index in [1.165, 1.54) is 30.1 Å². The molecule has 0 unspecified atom stereocenters. The summed E-state index contributed by atoms with van der Waals surface area (Å²) in [7, 11) is 3.04. The van der Waals surface area contributed by atoms with Crippen LogP contribution in [0.1, 0.15) is 5.69 Å². The molecule has 0 aliphatic rings. The van der Waals surface area contributed by atoms with Gasteiger partial charge in [-0.15, -0.1) is 0 Å². The first kappa shape index (κ1) is 13.1. The number of halogens is 1. The van der Waals surface area contributed by atoms with Gasteiger partial charge in [-0.1, -0.05) is 6.07 Å². The predicted molar refractivity (Wildman–Crippen MR) is 66.5 cm³/mol. The minimum Gasteiger partial charge on any atom is -0.494 e. The van der Waals surface area contributed by atoms with Crippen molar-refractivity contribution in [3.05, 3.63) is 35.9 Å². The molecule has 1 aromatic heterocycles. The fourth-order valence-electron chi connectivity index (χ4n) is 1.89. The summed E-state index contributed by atoms with van der Waals surface area (Å²) in [5, 5.41) is 12.9. The fourth-order valence-corrected chi connectivity index (χ4v) is 1.89. The summed E-state index contributed by atoms with van der Waals surface area (Å²) in [6.07, 6.45) is 1.36. The Hall–Kier alpha value is -2.37. The number of hydrogen-bond donors (Lipinski definition) is 1. The van der Waals surface area contributed by atoms with Crippen molar-refractivity contribution in [1.82, 2.24) is 9.78 Å². The fraction of sp³-hybridized carbons (Fsp3) is 0.231. The van der Waals surface area contributed by atoms with E-state index < -0.39 is 11.8 Å². The molecule has 0 fully saturated rings. The summed E-state index contributed by atoms with van der Waals surface area (Å²) < 4.78 is 20.0. The van der Waals surface area contributed by atoms with Gasteiger partial charge in [-0.05, 0) is 17.7 Å². The summed E-state index contributed by atoms with van der Waals surface area (Å²) in [6.45, 7) is 0. The first-order chi connectivity index (χ1) is 9.02. The molecule has 0 atom stereocenters. The summed E-state index contributed by atoms with van der Waals surface area (Å²) in [5.41, 5.74) is 1.70. The highest BCUT2D eigenvalue weighted by Crippen LogP contribution is 2.28. The zero-order valence-electron chi connectivity index (χ0n) is 10.6. The van der Waals surface area contributed by atoms with Gasteiger partial charge < -0.3 is 9.84 Å². The average Bonchev–Trinajstić information content (AvgIpc) is 2.70. The lowest BCUT2D eigenvalue weighted by Crippen LogP contribution is -2.07. The number of hydrogen-bond acceptors (Lipinski definition) is 3. The van der Waals surface area contributed by atoms with Crippen LogP contribution in [0, 0.1) is 5.82 Å². The lowest BCUT2D eigenvalue weighted by molar-refractivity contribution is -0.136. The van der Waals surface area contributed by atoms with E-state index in [-0.39, 0.29) is 12.2 Å². The van der Waals surface area contributed by atoms with Gasteiger partial charge in [-0.2, -0.15) is 5.10 Å². The van der Waals surface area contributed by atoms with Crippen LogP contribution in [0.15, 0.2) is 24.4 Å². The van der Waals surface area contributed by atoms with Crippen molar-refractivity contribution in [2.24, 2.45) is 7.05 Å². The standard InChI is InChI=1S/C13H13FN2O3/c1-16-11(6-13(17)18)9(7-15-16)8-3-4-12(19-2)10(14)5-8/h3-5,7H,6H2,1-2H3,(H,17,18). The normalized spacial score (nSPS) is 10.5. The van der Waals surface area contributed by atoms with Gasteiger partial charge in [0.2, 0.25) is 0 Å². The van der Waals surface area contributed by atoms with Gasteiger partial charge in [0.1, 0.15) is 0 Å². The molecule has 100 valence electrons. The van der Waals surface area contributed by atoms with E-state index in [1.807, 2.05) is 0 Å². The molecule has 0 amide bonds. The number of aryl methyl sites for hydroxylation is 1. The largest absolute Gasteiger partial charge is 0.494 e. The highest BCUT2D eigenvalue weighted by molar-refractivity contribution is 5.75. The molecule has 0 aliphatic heterocycles. The Balaban J connectivity index is 2.47. The summed E-state index contributed by atoms with van der Waals surface area (Å²) in [5.74, 6) is -1.31. The second kappa shape index (κ2) is 5.09. The number of benzene rings is 1. The van der Waals surface area contributed by atoms with Gasteiger partial charge in [0, 0.05) is 12.6 Å². The molecular weight excluding hydrogens is 251 g/mol. The van der Waals surface area contributed by atoms with Gasteiger partial charge in [0.15, 0.2) is 11.6 Å². The van der Waals surface area contributed by atoms with Crippen LogP contribution < -0.4 is 4.74 Å². The van der Waals surface area contributed by atoms with Crippen LogP contribution in [-0.4, -0.2) is 28.0 Å². The Morgan fingerprint density at radius 3 is 2.84 bits per heavy atom. The molecule has 5 nitrogen and oxygen atoms in total. The number of carbonyl (C=O) groups is 1. The van der Waals surface area contributed by atoms with E-state index >= 15 is 0 Å². The van der Waals surface area contributed by atoms with E-state index in [0.717, 1.165) is 0 Å². The lowest BCUT2D eigenvalue weighted by Gasteiger charge is -2.06. The maximum atomic E-state index is 13.7. The highest BCUT2D eigenvalue weighted by Gasteiger charge is 2.15. The molecule has 0 saturated carbocycles. The molecule has 1 heterocycles. The molecular formula is C13H13FN2O3. The number of methoxy groups -OCH3 is 1. The number of aliphatic carboxylic acids is 1. The molecule has 6 heteroatoms. The number of carboxylic acids is 1. The minimum atomic E-state index is -0.959. The first-order valence-electron chi connectivity index (χ1n) is 5.59. The molecule has 2 aromatic rings. The van der Waals surface area contributed by atoms with Crippen LogP contribution in [-0.2, 0) is 18.3 Å². The Kier molecular flexibility index (Phi) is 3.50. The number of aromatic nitrogens is 2. The zero-order chi connectivity index (χ0) is 14.0. The van der Waals surface area contributed by atoms with Crippen LogP contribution >= 0.6 is 0 Å². The quantitative estimate of drug-likeness (QED) is 0.915. The van der Waals surface area contributed by atoms with Crippen molar-refractivity contribution in [1.29, 1.82) is 0 Å². The minimum absolute atomic E-state index is 0.146. The van der Waals surface area contributed by atoms with Gasteiger partial charge in [0.25, 0.3) is 0 Å². The second-order valence-corrected chi connectivity index (χ2v) is 4.05. The molecule has 2 rings (SSSR count). The third-order valence-electron chi connectivity index (χ3n) is 2.84. The number of ether oxygens (including phenoxy) is 1. The SMILES string of the molecule is COc1ccc(-c2cnn(C)c2CC(=O)O)cc1F. The Morgan fingerprint density at radius 1 is 1.53 bits per heavy atom. The smallest absolute Gasteiger partial charge is 0.309 e. The van der Waals surface area contributed by atoms with Crippen LogP contribution in [0.4, 0.5) is 4.39 Å². The molecule has 1 N–H and O–H groups in total. The van der Waals surface area contributed by atoms with E-state index in [1.54, 1.807) is 13.1 Å². The van der Waals surface area contributed by atoms with E-state index in [4.69, 9.17) is 9.84 Å². The Morgan fingerprint density at radius 2 is 2.26 bits per heavy atom. The van der Waals surface area contributed by atoms with Crippen molar-refractivity contribution in [3.63, 3.8) is 0 Å². The van der Waals surface area contributed by atoms with Crippen molar-refractivity contribution in [2.75, 3.05) is 7.11 Å². The monoisotopic (exact) mass is 264 g/mol. The summed E-state index contributed by atoms with van der Waals surface area (Å²) >= 11 is 0. The van der Waals surface area contributed by atoms with Gasteiger partial charge >= 0.3 is 5.97 Å². The van der Waals surface area contributed by atoms with Crippen LogP contribution in [0.5, 0.6) is 5.75 Å². The number of carboxylic acid groups (broad SMARTS) is 1. The predicted octanol–water partition coefficient (Wildman–Crippen LogP) is 1.86. The Labute approximate surface area is 109 Å². The first-order valence-corrected chi connectivity index (χ1v) is 5.59. The van der Waals surface area contributed by atoms with Crippen molar-refractivity contribution in [3.8, 4) is 16.9 Å². The third kappa shape index (κ3) is 2.57. The van der Waals surface area contributed by atoms with Crippen LogP contribution in [0.25, 0.3) is 11.1 Å². The zero-order valence-corrected chi connectivity index (χ0v) is 10.6. The van der Waals surface area contributed by atoms with E-state index in [0.29, 0.717) is 16.8 Å². The molecule has 0 saturated heterocycles. The van der Waals surface area contributed by atoms with Crippen molar-refractivity contribution in [2.45, 2.75) is 6.42 Å². The van der Waals surface area contributed by atoms with Crippen molar-refractivity contribution >= 4 is 5.97 Å². The number of nitrogens with zero attached hydrogens (tertiary/aromatic N) is 2. The van der Waals surface area contributed by atoms with Crippen LogP contribution in [0.2, 0.25) is 0 Å². The molecule has 19 heavy (non-hydrogen) atoms. The van der Waals surface area contributed by atoms with Crippen LogP contribution in [0.3, 0.4) is 0 Å². The van der Waals surface area contributed by atoms with Gasteiger partial charge in [0.05, 0.1) is 25.4 Å². The maximum Gasteiger partial charge on any atom is 0.309 e.